The lowest BCUT2D eigenvalue weighted by atomic mass is 9.96. The van der Waals surface area contributed by atoms with Crippen LogP contribution in [0.2, 0.25) is 0 Å². The van der Waals surface area contributed by atoms with Crippen molar-refractivity contribution in [2.75, 3.05) is 19.8 Å². The summed E-state index contributed by atoms with van der Waals surface area (Å²) in [4.78, 5) is 52.2. The molecule has 2 aliphatic heterocycles. The minimum Gasteiger partial charge on any atom is -0.463 e. The second kappa shape index (κ2) is 19.0. The largest absolute Gasteiger partial charge is 0.463 e. The van der Waals surface area contributed by atoms with Crippen molar-refractivity contribution >= 4 is 23.9 Å². The Labute approximate surface area is 276 Å². The maximum absolute atomic E-state index is 13.2. The monoisotopic (exact) mass is 678 g/mol. The molecule has 2 fully saturated rings. The number of aliphatic hydroxyl groups excluding tert-OH is 4. The van der Waals surface area contributed by atoms with E-state index in [9.17, 15) is 39.6 Å². The third-order valence-corrected chi connectivity index (χ3v) is 8.75. The van der Waals surface area contributed by atoms with Gasteiger partial charge in [-0.3, -0.25) is 19.2 Å². The Hall–Kier alpha value is -2.40. The van der Waals surface area contributed by atoms with Gasteiger partial charge < -0.3 is 53.6 Å². The minimum atomic E-state index is -2.41. The van der Waals surface area contributed by atoms with Gasteiger partial charge in [-0.05, 0) is 25.7 Å². The van der Waals surface area contributed by atoms with Gasteiger partial charge in [0, 0.05) is 6.42 Å². The van der Waals surface area contributed by atoms with Crippen molar-refractivity contribution < 1.29 is 72.8 Å². The summed E-state index contributed by atoms with van der Waals surface area (Å²) >= 11 is 0. The fraction of sp³-hybridized carbons (Fsp3) is 0.875. The van der Waals surface area contributed by atoms with Crippen LogP contribution in [0.25, 0.3) is 0 Å². The highest BCUT2D eigenvalue weighted by Crippen LogP contribution is 2.38. The van der Waals surface area contributed by atoms with Gasteiger partial charge in [-0.25, -0.2) is 0 Å². The fourth-order valence-corrected chi connectivity index (χ4v) is 4.81. The summed E-state index contributed by atoms with van der Waals surface area (Å²) in [6.45, 7) is 9.74. The number of ether oxygens (including phenoxy) is 7. The molecule has 2 saturated heterocycles. The van der Waals surface area contributed by atoms with E-state index in [2.05, 4.69) is 0 Å². The van der Waals surface area contributed by atoms with Crippen LogP contribution in [0.1, 0.15) is 87.0 Å². The first-order chi connectivity index (χ1) is 22.2. The van der Waals surface area contributed by atoms with E-state index in [0.29, 0.717) is 32.1 Å². The zero-order valence-electron chi connectivity index (χ0n) is 28.5. The number of carbonyl (C=O) groups is 4. The van der Waals surface area contributed by atoms with Crippen LogP contribution in [0.3, 0.4) is 0 Å². The molecule has 0 unspecified atom stereocenters. The van der Waals surface area contributed by atoms with Gasteiger partial charge in [-0.1, -0.05) is 54.9 Å². The standard InChI is InChI=1S/C32H54O15/c1-8-12-13-22(35)43-25-24(44-29(39)18(6)10-3)21(15-41-28(38)17(5)9-2)42-31(26(25)45-30(40)19(7)11-4)47-32(16-34)27(37)23(36)20(14-33)46-32/h17-21,23-27,31,33-34,36-37H,8-16H2,1-7H3/t17-,18-,19-,20-,21-,23-,24-,25+,26-,27+,31-,32+/m1/s1. The highest BCUT2D eigenvalue weighted by molar-refractivity contribution is 5.74. The Bertz CT molecular complexity index is 1020. The lowest BCUT2D eigenvalue weighted by Crippen LogP contribution is -2.65. The SMILES string of the molecule is CCCCC(=O)O[C@@H]1[C@@H](OC(=O)[C@H](C)CC)[C@@H](O[C@]2(CO)O[C@H](CO)[C@@H](O)[C@@H]2O)O[C@H](COC(=O)[C@H](C)CC)[C@H]1OC(=O)[C@H](C)CC. The number of aliphatic hydroxyl groups is 4. The molecule has 15 nitrogen and oxygen atoms in total. The number of hydrogen-bond donors (Lipinski definition) is 4. The van der Waals surface area contributed by atoms with E-state index in [1.165, 1.54) is 0 Å². The summed E-state index contributed by atoms with van der Waals surface area (Å²) < 4.78 is 40.7. The molecule has 4 N–H and O–H groups in total. The molecule has 0 amide bonds. The zero-order chi connectivity index (χ0) is 35.5. The van der Waals surface area contributed by atoms with Crippen molar-refractivity contribution in [3.8, 4) is 0 Å². The van der Waals surface area contributed by atoms with Crippen LogP contribution >= 0.6 is 0 Å². The summed E-state index contributed by atoms with van der Waals surface area (Å²) in [7, 11) is 0. The Morgan fingerprint density at radius 3 is 1.81 bits per heavy atom. The predicted molar refractivity (Wildman–Crippen MR) is 162 cm³/mol. The first kappa shape index (κ1) is 40.8. The molecular formula is C32H54O15. The molecule has 2 aliphatic rings. The molecule has 272 valence electrons. The maximum Gasteiger partial charge on any atom is 0.309 e. The van der Waals surface area contributed by atoms with Crippen molar-refractivity contribution in [3.05, 3.63) is 0 Å². The average Bonchev–Trinajstić information content (AvgIpc) is 3.31. The van der Waals surface area contributed by atoms with Gasteiger partial charge in [0.15, 0.2) is 18.3 Å². The number of rotatable bonds is 18. The molecule has 0 spiro atoms. The Morgan fingerprint density at radius 2 is 1.32 bits per heavy atom. The van der Waals surface area contributed by atoms with Crippen LogP contribution in [0.5, 0.6) is 0 Å². The van der Waals surface area contributed by atoms with Gasteiger partial charge in [0.25, 0.3) is 0 Å². The number of unbranched alkanes of at least 4 members (excludes halogenated alkanes) is 1. The summed E-state index contributed by atoms with van der Waals surface area (Å²) in [6, 6.07) is 0. The second-order valence-electron chi connectivity index (χ2n) is 12.3. The number of esters is 4. The van der Waals surface area contributed by atoms with Crippen molar-refractivity contribution in [2.45, 2.75) is 142 Å². The molecule has 0 radical (unpaired) electrons. The topological polar surface area (TPSA) is 214 Å². The highest BCUT2D eigenvalue weighted by Gasteiger charge is 2.61. The Morgan fingerprint density at radius 1 is 0.766 bits per heavy atom. The molecule has 47 heavy (non-hydrogen) atoms. The molecule has 2 heterocycles. The van der Waals surface area contributed by atoms with Crippen LogP contribution in [-0.2, 0) is 52.3 Å². The van der Waals surface area contributed by atoms with Crippen LogP contribution in [0.15, 0.2) is 0 Å². The molecule has 2 rings (SSSR count). The molecule has 0 bridgehead atoms. The summed E-state index contributed by atoms with van der Waals surface area (Å²) in [5.74, 6) is -6.88. The van der Waals surface area contributed by atoms with Crippen molar-refractivity contribution in [2.24, 2.45) is 17.8 Å². The molecular weight excluding hydrogens is 624 g/mol. The van der Waals surface area contributed by atoms with E-state index < -0.39 is 116 Å². The average molecular weight is 679 g/mol. The van der Waals surface area contributed by atoms with E-state index in [0.717, 1.165) is 0 Å². The van der Waals surface area contributed by atoms with E-state index in [1.807, 2.05) is 6.92 Å². The molecule has 0 aromatic carbocycles. The number of hydrogen-bond acceptors (Lipinski definition) is 15. The second-order valence-corrected chi connectivity index (χ2v) is 12.3. The van der Waals surface area contributed by atoms with Crippen LogP contribution in [-0.4, -0.2) is 119 Å². The van der Waals surface area contributed by atoms with Gasteiger partial charge in [-0.2, -0.15) is 0 Å². The Kier molecular flexibility index (Phi) is 16.4. The summed E-state index contributed by atoms with van der Waals surface area (Å²) in [5.41, 5.74) is 0. The van der Waals surface area contributed by atoms with E-state index in [1.54, 1.807) is 41.5 Å². The Balaban J connectivity index is 2.70. The molecule has 0 saturated carbocycles. The third-order valence-electron chi connectivity index (χ3n) is 8.75. The lowest BCUT2D eigenvalue weighted by molar-refractivity contribution is -0.384. The third kappa shape index (κ3) is 10.3. The molecule has 0 aromatic rings. The summed E-state index contributed by atoms with van der Waals surface area (Å²) in [6.07, 6.45) is -10.6. The van der Waals surface area contributed by atoms with Crippen LogP contribution in [0.4, 0.5) is 0 Å². The smallest absolute Gasteiger partial charge is 0.309 e. The zero-order valence-corrected chi connectivity index (χ0v) is 28.5. The minimum absolute atomic E-state index is 0.0299. The summed E-state index contributed by atoms with van der Waals surface area (Å²) in [5, 5.41) is 41.4. The fourth-order valence-electron chi connectivity index (χ4n) is 4.81. The van der Waals surface area contributed by atoms with Gasteiger partial charge in [0.2, 0.25) is 12.1 Å². The van der Waals surface area contributed by atoms with Crippen molar-refractivity contribution in [3.63, 3.8) is 0 Å². The van der Waals surface area contributed by atoms with E-state index in [4.69, 9.17) is 33.2 Å². The van der Waals surface area contributed by atoms with Crippen LogP contribution in [0, 0.1) is 17.8 Å². The molecule has 0 aromatic heterocycles. The molecule has 12 atom stereocenters. The van der Waals surface area contributed by atoms with Gasteiger partial charge >= 0.3 is 23.9 Å². The highest BCUT2D eigenvalue weighted by atomic mass is 16.8. The van der Waals surface area contributed by atoms with E-state index in [-0.39, 0.29) is 6.42 Å². The van der Waals surface area contributed by atoms with Crippen LogP contribution < -0.4 is 0 Å². The quantitative estimate of drug-likeness (QED) is 0.118. The van der Waals surface area contributed by atoms with Gasteiger partial charge in [-0.15, -0.1) is 0 Å². The first-order valence-corrected chi connectivity index (χ1v) is 16.6. The van der Waals surface area contributed by atoms with Gasteiger partial charge in [0.05, 0.1) is 24.4 Å². The van der Waals surface area contributed by atoms with Crippen molar-refractivity contribution in [1.29, 1.82) is 0 Å². The molecule has 15 heteroatoms. The molecule has 0 aliphatic carbocycles. The van der Waals surface area contributed by atoms with Crippen molar-refractivity contribution in [1.82, 2.24) is 0 Å². The van der Waals surface area contributed by atoms with Gasteiger partial charge in [0.1, 0.15) is 37.6 Å². The number of carbonyl (C=O) groups excluding carboxylic acids is 4. The first-order valence-electron chi connectivity index (χ1n) is 16.6. The normalized spacial score (nSPS) is 32.6. The predicted octanol–water partition coefficient (Wildman–Crippen LogP) is 1.14. The maximum atomic E-state index is 13.2. The van der Waals surface area contributed by atoms with E-state index >= 15 is 0 Å². The lowest BCUT2D eigenvalue weighted by Gasteiger charge is -2.46.